The summed E-state index contributed by atoms with van der Waals surface area (Å²) >= 11 is 0. The monoisotopic (exact) mass is 256 g/mol. The van der Waals surface area contributed by atoms with E-state index in [1.54, 1.807) is 0 Å². The fourth-order valence-electron chi connectivity index (χ4n) is 1.30. The Morgan fingerprint density at radius 2 is 2.00 bits per heavy atom. The number of carbonyl (C=O) groups is 1. The average Bonchev–Trinajstić information content (AvgIpc) is 2.09. The third-order valence-electron chi connectivity index (χ3n) is 2.32. The van der Waals surface area contributed by atoms with E-state index in [1.807, 2.05) is 6.92 Å². The fraction of sp³-hybridized carbons (Fsp3) is 0.889. The summed E-state index contributed by atoms with van der Waals surface area (Å²) in [5.41, 5.74) is 0. The molecular formula is C9H17ClO4S. The zero-order valence-corrected chi connectivity index (χ0v) is 10.5. The summed E-state index contributed by atoms with van der Waals surface area (Å²) in [6.07, 6.45) is 2.12. The van der Waals surface area contributed by atoms with E-state index in [0.717, 1.165) is 12.8 Å². The Bertz CT molecular complexity index is 299. The zero-order chi connectivity index (χ0) is 12.1. The topological polar surface area (TPSA) is 71.4 Å². The van der Waals surface area contributed by atoms with Crippen LogP contribution in [0.2, 0.25) is 0 Å². The largest absolute Gasteiger partial charge is 0.481 e. The molecule has 4 nitrogen and oxygen atoms in total. The first-order chi connectivity index (χ1) is 6.79. The molecule has 90 valence electrons. The van der Waals surface area contributed by atoms with E-state index in [4.69, 9.17) is 15.8 Å². The molecule has 0 aromatic carbocycles. The van der Waals surface area contributed by atoms with Crippen LogP contribution in [0.1, 0.15) is 39.5 Å². The van der Waals surface area contributed by atoms with Crippen LogP contribution in [0, 0.1) is 5.92 Å². The average molecular weight is 257 g/mol. The highest BCUT2D eigenvalue weighted by Crippen LogP contribution is 2.22. The van der Waals surface area contributed by atoms with Crippen LogP contribution in [0.15, 0.2) is 0 Å². The minimum absolute atomic E-state index is 0.0845. The standard InChI is InChI=1S/C9H17ClO4S/c1-3-4-5-8(15(10,13)14)6-7(2)9(11)12/h7-8H,3-6H2,1-2H3,(H,11,12). The lowest BCUT2D eigenvalue weighted by atomic mass is 10.0. The second kappa shape index (κ2) is 6.33. The predicted octanol–water partition coefficient (Wildman–Crippen LogP) is 2.22. The van der Waals surface area contributed by atoms with Gasteiger partial charge >= 0.3 is 5.97 Å². The minimum Gasteiger partial charge on any atom is -0.481 e. The van der Waals surface area contributed by atoms with Crippen molar-refractivity contribution in [1.29, 1.82) is 0 Å². The quantitative estimate of drug-likeness (QED) is 0.709. The molecule has 0 spiro atoms. The van der Waals surface area contributed by atoms with E-state index in [9.17, 15) is 13.2 Å². The van der Waals surface area contributed by atoms with Crippen LogP contribution in [0.25, 0.3) is 0 Å². The van der Waals surface area contributed by atoms with E-state index in [-0.39, 0.29) is 6.42 Å². The normalized spacial score (nSPS) is 15.9. The van der Waals surface area contributed by atoms with Crippen molar-refractivity contribution in [3.8, 4) is 0 Å². The molecule has 0 rings (SSSR count). The molecule has 0 amide bonds. The summed E-state index contributed by atoms with van der Waals surface area (Å²) in [6.45, 7) is 3.43. The molecule has 15 heavy (non-hydrogen) atoms. The SMILES string of the molecule is CCCCC(CC(C)C(=O)O)S(=O)(=O)Cl. The number of carboxylic acid groups (broad SMARTS) is 1. The van der Waals surface area contributed by atoms with Crippen LogP contribution in [0.4, 0.5) is 0 Å². The molecule has 2 unspecified atom stereocenters. The van der Waals surface area contributed by atoms with Crippen molar-refractivity contribution >= 4 is 25.7 Å². The van der Waals surface area contributed by atoms with Gasteiger partial charge in [0.05, 0.1) is 11.2 Å². The highest BCUT2D eigenvalue weighted by molar-refractivity contribution is 8.14. The van der Waals surface area contributed by atoms with Crippen molar-refractivity contribution < 1.29 is 18.3 Å². The Kier molecular flexibility index (Phi) is 6.20. The number of halogens is 1. The summed E-state index contributed by atoms with van der Waals surface area (Å²) in [6, 6.07) is 0. The van der Waals surface area contributed by atoms with Crippen molar-refractivity contribution in [2.24, 2.45) is 5.92 Å². The second-order valence-corrected chi connectivity index (χ2v) is 6.62. The van der Waals surface area contributed by atoms with Crippen molar-refractivity contribution in [3.63, 3.8) is 0 Å². The van der Waals surface area contributed by atoms with Gasteiger partial charge < -0.3 is 5.11 Å². The molecule has 0 aromatic rings. The molecular weight excluding hydrogens is 240 g/mol. The van der Waals surface area contributed by atoms with E-state index in [1.165, 1.54) is 6.92 Å². The van der Waals surface area contributed by atoms with Gasteiger partial charge in [-0.05, 0) is 12.8 Å². The second-order valence-electron chi connectivity index (χ2n) is 3.71. The van der Waals surface area contributed by atoms with Gasteiger partial charge in [-0.3, -0.25) is 4.79 Å². The molecule has 0 bridgehead atoms. The Labute approximate surface area is 95.0 Å². The van der Waals surface area contributed by atoms with Gasteiger partial charge in [-0.25, -0.2) is 8.42 Å². The van der Waals surface area contributed by atoms with Crippen LogP contribution in [0.3, 0.4) is 0 Å². The maximum absolute atomic E-state index is 11.2. The molecule has 0 saturated carbocycles. The first kappa shape index (κ1) is 14.7. The minimum atomic E-state index is -3.66. The van der Waals surface area contributed by atoms with Gasteiger partial charge in [-0.1, -0.05) is 26.7 Å². The summed E-state index contributed by atoms with van der Waals surface area (Å²) in [5.74, 6) is -1.67. The molecule has 0 aliphatic heterocycles. The van der Waals surface area contributed by atoms with Gasteiger partial charge in [0.25, 0.3) is 0 Å². The smallest absolute Gasteiger partial charge is 0.306 e. The van der Waals surface area contributed by atoms with Crippen LogP contribution in [0.5, 0.6) is 0 Å². The Morgan fingerprint density at radius 1 is 1.47 bits per heavy atom. The van der Waals surface area contributed by atoms with Crippen LogP contribution in [-0.4, -0.2) is 24.7 Å². The number of rotatable bonds is 7. The molecule has 0 fully saturated rings. The Balaban J connectivity index is 4.45. The number of hydrogen-bond acceptors (Lipinski definition) is 3. The Morgan fingerprint density at radius 3 is 2.33 bits per heavy atom. The molecule has 2 atom stereocenters. The summed E-state index contributed by atoms with van der Waals surface area (Å²) in [5, 5.41) is 7.94. The zero-order valence-electron chi connectivity index (χ0n) is 8.94. The number of carboxylic acids is 1. The highest BCUT2D eigenvalue weighted by atomic mass is 35.7. The Hall–Kier alpha value is -0.290. The maximum atomic E-state index is 11.2. The van der Waals surface area contributed by atoms with Crippen LogP contribution in [-0.2, 0) is 13.8 Å². The molecule has 0 saturated heterocycles. The van der Waals surface area contributed by atoms with Gasteiger partial charge in [-0.15, -0.1) is 0 Å². The highest BCUT2D eigenvalue weighted by Gasteiger charge is 2.27. The molecule has 0 aliphatic rings. The molecule has 0 radical (unpaired) electrons. The summed E-state index contributed by atoms with van der Waals surface area (Å²) < 4.78 is 22.3. The van der Waals surface area contributed by atoms with Crippen molar-refractivity contribution in [2.75, 3.05) is 0 Å². The van der Waals surface area contributed by atoms with E-state index >= 15 is 0 Å². The van der Waals surface area contributed by atoms with Gasteiger partial charge in [0.15, 0.2) is 0 Å². The summed E-state index contributed by atoms with van der Waals surface area (Å²) in [4.78, 5) is 10.6. The lowest BCUT2D eigenvalue weighted by Gasteiger charge is -2.15. The van der Waals surface area contributed by atoms with Gasteiger partial charge in [-0.2, -0.15) is 0 Å². The van der Waals surface area contributed by atoms with E-state index in [2.05, 4.69) is 0 Å². The van der Waals surface area contributed by atoms with Gasteiger partial charge in [0.1, 0.15) is 0 Å². The third kappa shape index (κ3) is 5.99. The van der Waals surface area contributed by atoms with Crippen molar-refractivity contribution in [1.82, 2.24) is 0 Å². The van der Waals surface area contributed by atoms with Crippen LogP contribution < -0.4 is 0 Å². The van der Waals surface area contributed by atoms with E-state index in [0.29, 0.717) is 6.42 Å². The number of hydrogen-bond donors (Lipinski definition) is 1. The fourth-order valence-corrected chi connectivity index (χ4v) is 2.75. The molecule has 0 aliphatic carbocycles. The molecule has 0 heterocycles. The van der Waals surface area contributed by atoms with Crippen molar-refractivity contribution in [3.05, 3.63) is 0 Å². The maximum Gasteiger partial charge on any atom is 0.306 e. The third-order valence-corrected chi connectivity index (χ3v) is 4.30. The predicted molar refractivity (Wildman–Crippen MR) is 59.5 cm³/mol. The van der Waals surface area contributed by atoms with Gasteiger partial charge in [0, 0.05) is 10.7 Å². The lowest BCUT2D eigenvalue weighted by molar-refractivity contribution is -0.141. The molecule has 1 N–H and O–H groups in total. The first-order valence-corrected chi connectivity index (χ1v) is 7.32. The van der Waals surface area contributed by atoms with Gasteiger partial charge in [0.2, 0.25) is 9.05 Å². The lowest BCUT2D eigenvalue weighted by Crippen LogP contribution is -2.23. The van der Waals surface area contributed by atoms with E-state index < -0.39 is 26.2 Å². The van der Waals surface area contributed by atoms with Crippen LogP contribution >= 0.6 is 10.7 Å². The summed E-state index contributed by atoms with van der Waals surface area (Å²) in [7, 11) is 1.61. The number of unbranched alkanes of at least 4 members (excludes halogenated alkanes) is 1. The molecule has 6 heteroatoms. The van der Waals surface area contributed by atoms with Crippen molar-refractivity contribution in [2.45, 2.75) is 44.8 Å². The number of aliphatic carboxylic acids is 1. The molecule has 0 aromatic heterocycles. The first-order valence-electron chi connectivity index (χ1n) is 4.95.